The third-order valence-electron chi connectivity index (χ3n) is 3.52. The summed E-state index contributed by atoms with van der Waals surface area (Å²) < 4.78 is 4.84. The number of carbonyl (C=O) groups is 2. The molecule has 1 heterocycles. The lowest BCUT2D eigenvalue weighted by molar-refractivity contribution is -0.123. The standard InChI is InChI=1S/C18H22N2O4S/c1-24-12-14(21)11-19-17(22)15(10-13-6-3-2-4-7-13)20-18(23)16-8-5-9-25-16/h2-9,14-15,21H,10-12H2,1H3,(H,19,22)(H,20,23). The number of rotatable bonds is 9. The number of ether oxygens (including phenoxy) is 1. The zero-order valence-electron chi connectivity index (χ0n) is 14.0. The molecule has 0 fully saturated rings. The van der Waals surface area contributed by atoms with Crippen molar-refractivity contribution in [1.82, 2.24) is 10.6 Å². The smallest absolute Gasteiger partial charge is 0.262 e. The summed E-state index contributed by atoms with van der Waals surface area (Å²) in [5.74, 6) is -0.632. The van der Waals surface area contributed by atoms with Crippen molar-refractivity contribution in [3.63, 3.8) is 0 Å². The highest BCUT2D eigenvalue weighted by molar-refractivity contribution is 7.12. The van der Waals surface area contributed by atoms with Crippen molar-refractivity contribution in [2.45, 2.75) is 18.6 Å². The first-order chi connectivity index (χ1) is 12.1. The van der Waals surface area contributed by atoms with E-state index in [1.54, 1.807) is 12.1 Å². The molecule has 0 aliphatic rings. The van der Waals surface area contributed by atoms with Crippen LogP contribution in [0.3, 0.4) is 0 Å². The summed E-state index contributed by atoms with van der Waals surface area (Å²) in [5, 5.41) is 16.9. The van der Waals surface area contributed by atoms with Gasteiger partial charge in [-0.25, -0.2) is 0 Å². The summed E-state index contributed by atoms with van der Waals surface area (Å²) in [6.07, 6.45) is -0.427. The van der Waals surface area contributed by atoms with Gasteiger partial charge in [-0.15, -0.1) is 11.3 Å². The number of hydrogen-bond acceptors (Lipinski definition) is 5. The number of aliphatic hydroxyl groups is 1. The van der Waals surface area contributed by atoms with Gasteiger partial charge in [-0.1, -0.05) is 36.4 Å². The molecule has 2 atom stereocenters. The minimum absolute atomic E-state index is 0.0623. The van der Waals surface area contributed by atoms with E-state index in [9.17, 15) is 14.7 Å². The van der Waals surface area contributed by atoms with Crippen LogP contribution in [-0.2, 0) is 16.0 Å². The molecule has 6 nitrogen and oxygen atoms in total. The SMILES string of the molecule is COCC(O)CNC(=O)C(Cc1ccccc1)NC(=O)c1cccs1. The van der Waals surface area contributed by atoms with Gasteiger partial charge in [0, 0.05) is 20.1 Å². The van der Waals surface area contributed by atoms with Crippen LogP contribution in [0.4, 0.5) is 0 Å². The minimum Gasteiger partial charge on any atom is -0.389 e. The predicted molar refractivity (Wildman–Crippen MR) is 96.6 cm³/mol. The van der Waals surface area contributed by atoms with Crippen LogP contribution in [0.2, 0.25) is 0 Å². The van der Waals surface area contributed by atoms with Crippen LogP contribution < -0.4 is 10.6 Å². The molecule has 134 valence electrons. The molecule has 0 aliphatic heterocycles. The van der Waals surface area contributed by atoms with Gasteiger partial charge in [0.2, 0.25) is 5.91 Å². The molecule has 0 saturated heterocycles. The largest absolute Gasteiger partial charge is 0.389 e. The molecule has 2 rings (SSSR count). The number of nitrogens with one attached hydrogen (secondary N) is 2. The third-order valence-corrected chi connectivity index (χ3v) is 4.39. The summed E-state index contributed by atoms with van der Waals surface area (Å²) in [6.45, 7) is 0.192. The summed E-state index contributed by atoms with van der Waals surface area (Å²) >= 11 is 1.32. The fraction of sp³-hybridized carbons (Fsp3) is 0.333. The van der Waals surface area contributed by atoms with E-state index in [4.69, 9.17) is 4.74 Å². The van der Waals surface area contributed by atoms with Gasteiger partial charge in [0.1, 0.15) is 6.04 Å². The molecule has 0 saturated carbocycles. The third kappa shape index (κ3) is 6.30. The Bertz CT molecular complexity index is 661. The first-order valence-corrected chi connectivity index (χ1v) is 8.81. The van der Waals surface area contributed by atoms with Gasteiger partial charge in [0.05, 0.1) is 17.6 Å². The van der Waals surface area contributed by atoms with Crippen molar-refractivity contribution in [3.8, 4) is 0 Å². The fourth-order valence-electron chi connectivity index (χ4n) is 2.29. The topological polar surface area (TPSA) is 87.7 Å². The van der Waals surface area contributed by atoms with E-state index in [2.05, 4.69) is 10.6 Å². The van der Waals surface area contributed by atoms with Crippen molar-refractivity contribution in [2.24, 2.45) is 0 Å². The molecule has 1 aromatic heterocycles. The molecular formula is C18H22N2O4S. The number of methoxy groups -OCH3 is 1. The first-order valence-electron chi connectivity index (χ1n) is 7.93. The maximum Gasteiger partial charge on any atom is 0.262 e. The van der Waals surface area contributed by atoms with Crippen LogP contribution in [0, 0.1) is 0 Å². The van der Waals surface area contributed by atoms with E-state index in [1.165, 1.54) is 18.4 Å². The molecule has 2 aromatic rings. The summed E-state index contributed by atoms with van der Waals surface area (Å²) in [6, 6.07) is 12.2. The van der Waals surface area contributed by atoms with E-state index < -0.39 is 12.1 Å². The zero-order valence-corrected chi connectivity index (χ0v) is 14.8. The van der Waals surface area contributed by atoms with Gasteiger partial charge in [0.25, 0.3) is 5.91 Å². The normalized spacial score (nSPS) is 13.0. The Balaban J connectivity index is 2.02. The summed E-state index contributed by atoms with van der Waals surface area (Å²) in [7, 11) is 1.48. The summed E-state index contributed by atoms with van der Waals surface area (Å²) in [5.41, 5.74) is 0.937. The lowest BCUT2D eigenvalue weighted by Crippen LogP contribution is -2.49. The van der Waals surface area contributed by atoms with E-state index >= 15 is 0 Å². The number of thiophene rings is 1. The van der Waals surface area contributed by atoms with Crippen LogP contribution in [-0.4, -0.2) is 49.3 Å². The second-order valence-electron chi connectivity index (χ2n) is 5.55. The Morgan fingerprint density at radius 1 is 1.20 bits per heavy atom. The van der Waals surface area contributed by atoms with Gasteiger partial charge in [-0.05, 0) is 17.0 Å². The number of hydrogen-bond donors (Lipinski definition) is 3. The van der Waals surface area contributed by atoms with Gasteiger partial charge < -0.3 is 20.5 Å². The maximum absolute atomic E-state index is 12.5. The molecule has 0 aliphatic carbocycles. The summed E-state index contributed by atoms with van der Waals surface area (Å²) in [4.78, 5) is 25.3. The monoisotopic (exact) mass is 362 g/mol. The lowest BCUT2D eigenvalue weighted by atomic mass is 10.0. The predicted octanol–water partition coefficient (Wildman–Crippen LogP) is 1.21. The molecule has 7 heteroatoms. The number of carbonyl (C=O) groups excluding carboxylic acids is 2. The van der Waals surface area contributed by atoms with Crippen LogP contribution >= 0.6 is 11.3 Å². The van der Waals surface area contributed by atoms with Crippen molar-refractivity contribution in [1.29, 1.82) is 0 Å². The Morgan fingerprint density at radius 3 is 2.60 bits per heavy atom. The van der Waals surface area contributed by atoms with Crippen LogP contribution in [0.5, 0.6) is 0 Å². The molecule has 3 N–H and O–H groups in total. The highest BCUT2D eigenvalue weighted by Gasteiger charge is 2.22. The number of benzene rings is 1. The molecule has 1 aromatic carbocycles. The average Bonchev–Trinajstić information content (AvgIpc) is 3.15. The maximum atomic E-state index is 12.5. The molecular weight excluding hydrogens is 340 g/mol. The second-order valence-corrected chi connectivity index (χ2v) is 6.50. The number of aliphatic hydroxyl groups excluding tert-OH is 1. The van der Waals surface area contributed by atoms with Crippen molar-refractivity contribution >= 4 is 23.2 Å². The Morgan fingerprint density at radius 2 is 1.96 bits per heavy atom. The highest BCUT2D eigenvalue weighted by Crippen LogP contribution is 2.10. The van der Waals surface area contributed by atoms with Crippen LogP contribution in [0.15, 0.2) is 47.8 Å². The molecule has 0 bridgehead atoms. The van der Waals surface area contributed by atoms with Crippen LogP contribution in [0.1, 0.15) is 15.2 Å². The fourth-order valence-corrected chi connectivity index (χ4v) is 2.92. The number of amides is 2. The van der Waals surface area contributed by atoms with Crippen molar-refractivity contribution in [3.05, 3.63) is 58.3 Å². The van der Waals surface area contributed by atoms with Gasteiger partial charge in [-0.3, -0.25) is 9.59 Å². The van der Waals surface area contributed by atoms with E-state index in [0.29, 0.717) is 11.3 Å². The Labute approximate surface area is 150 Å². The van der Waals surface area contributed by atoms with E-state index in [1.807, 2.05) is 35.7 Å². The Hall–Kier alpha value is -2.22. The lowest BCUT2D eigenvalue weighted by Gasteiger charge is -2.19. The van der Waals surface area contributed by atoms with Gasteiger partial charge >= 0.3 is 0 Å². The van der Waals surface area contributed by atoms with E-state index in [0.717, 1.165) is 5.56 Å². The van der Waals surface area contributed by atoms with Crippen molar-refractivity contribution in [2.75, 3.05) is 20.3 Å². The molecule has 0 spiro atoms. The average molecular weight is 362 g/mol. The zero-order chi connectivity index (χ0) is 18.1. The first kappa shape index (κ1) is 19.1. The Kier molecular flexibility index (Phi) is 7.59. The van der Waals surface area contributed by atoms with Crippen LogP contribution in [0.25, 0.3) is 0 Å². The van der Waals surface area contributed by atoms with E-state index in [-0.39, 0.29) is 25.0 Å². The van der Waals surface area contributed by atoms with Crippen molar-refractivity contribution < 1.29 is 19.4 Å². The highest BCUT2D eigenvalue weighted by atomic mass is 32.1. The minimum atomic E-state index is -0.792. The molecule has 2 unspecified atom stereocenters. The molecule has 25 heavy (non-hydrogen) atoms. The second kappa shape index (κ2) is 9.93. The van der Waals surface area contributed by atoms with Gasteiger partial charge in [-0.2, -0.15) is 0 Å². The molecule has 2 amide bonds. The van der Waals surface area contributed by atoms with Gasteiger partial charge in [0.15, 0.2) is 0 Å². The molecule has 0 radical (unpaired) electrons. The quantitative estimate of drug-likeness (QED) is 0.626.